The third kappa shape index (κ3) is 5.50. The van der Waals surface area contributed by atoms with Crippen molar-refractivity contribution in [2.24, 2.45) is 0 Å². The lowest BCUT2D eigenvalue weighted by Gasteiger charge is -2.37. The molecule has 2 aliphatic heterocycles. The third-order valence-corrected chi connectivity index (χ3v) is 5.48. The maximum absolute atomic E-state index is 12.4. The summed E-state index contributed by atoms with van der Waals surface area (Å²) in [6.07, 6.45) is 4.37. The van der Waals surface area contributed by atoms with Crippen molar-refractivity contribution >= 4 is 5.91 Å². The van der Waals surface area contributed by atoms with Crippen LogP contribution in [0, 0.1) is 0 Å². The molecule has 0 aliphatic carbocycles. The fourth-order valence-corrected chi connectivity index (χ4v) is 3.83. The van der Waals surface area contributed by atoms with E-state index in [1.807, 2.05) is 4.90 Å². The Hall–Kier alpha value is -1.97. The van der Waals surface area contributed by atoms with Crippen molar-refractivity contribution < 1.29 is 9.90 Å². The van der Waals surface area contributed by atoms with Gasteiger partial charge in [0.15, 0.2) is 0 Å². The van der Waals surface area contributed by atoms with Crippen LogP contribution in [0.1, 0.15) is 37.8 Å². The molecule has 2 saturated heterocycles. The normalized spacial score (nSPS) is 21.1. The first kappa shape index (κ1) is 19.8. The van der Waals surface area contributed by atoms with Crippen LogP contribution in [0.5, 0.6) is 0 Å². The summed E-state index contributed by atoms with van der Waals surface area (Å²) in [5.41, 5.74) is -1.78. The molecule has 3 rings (SSSR count). The summed E-state index contributed by atoms with van der Waals surface area (Å²) in [6.45, 7) is 4.99. The summed E-state index contributed by atoms with van der Waals surface area (Å²) in [4.78, 5) is 44.2. The number of rotatable bonds is 6. The summed E-state index contributed by atoms with van der Waals surface area (Å²) < 4.78 is 0. The summed E-state index contributed by atoms with van der Waals surface area (Å²) in [6, 6.07) is 1.36. The molecule has 3 heterocycles. The number of hydrogen-bond donors (Lipinski definition) is 4. The first-order valence-electron chi connectivity index (χ1n) is 9.72. The predicted molar refractivity (Wildman–Crippen MR) is 100 cm³/mol. The molecular weight excluding hydrogens is 350 g/mol. The van der Waals surface area contributed by atoms with Gasteiger partial charge in [0.1, 0.15) is 5.60 Å². The zero-order chi connectivity index (χ0) is 19.3. The first-order chi connectivity index (χ1) is 12.9. The maximum atomic E-state index is 12.4. The molecule has 0 saturated carbocycles. The molecular formula is C18H29N5O4. The molecule has 27 heavy (non-hydrogen) atoms. The molecule has 0 spiro atoms. The van der Waals surface area contributed by atoms with E-state index in [0.29, 0.717) is 44.7 Å². The molecule has 0 radical (unpaired) electrons. The minimum atomic E-state index is -1.35. The summed E-state index contributed by atoms with van der Waals surface area (Å²) in [5, 5.41) is 13.6. The number of aliphatic hydroxyl groups is 1. The summed E-state index contributed by atoms with van der Waals surface area (Å²) in [5.74, 6) is -0.302. The molecule has 0 atom stereocenters. The SMILES string of the molecule is O=C(NCCN1CCCCC1)C1(O)CCN(Cc2cc(=O)[nH]c(=O)[nH]2)CC1. The van der Waals surface area contributed by atoms with Crippen LogP contribution < -0.4 is 16.6 Å². The molecule has 2 aliphatic rings. The Bertz CT molecular complexity index is 716. The lowest BCUT2D eigenvalue weighted by atomic mass is 9.90. The minimum Gasteiger partial charge on any atom is -0.380 e. The lowest BCUT2D eigenvalue weighted by molar-refractivity contribution is -0.145. The molecule has 0 bridgehead atoms. The monoisotopic (exact) mass is 379 g/mol. The number of nitrogens with one attached hydrogen (secondary N) is 3. The highest BCUT2D eigenvalue weighted by Crippen LogP contribution is 2.23. The Morgan fingerprint density at radius 3 is 2.44 bits per heavy atom. The van der Waals surface area contributed by atoms with Crippen LogP contribution in [-0.4, -0.2) is 75.7 Å². The molecule has 0 aromatic carbocycles. The highest BCUT2D eigenvalue weighted by molar-refractivity contribution is 5.85. The standard InChI is InChI=1S/C18H29N5O4/c24-15-12-14(20-17(26)21-15)13-23-9-4-18(27,5-10-23)16(25)19-6-11-22-7-2-1-3-8-22/h12,27H,1-11,13H2,(H,19,25)(H2,20,21,24,26). The van der Waals surface area contributed by atoms with Gasteiger partial charge in [-0.15, -0.1) is 0 Å². The van der Waals surface area contributed by atoms with E-state index in [0.717, 1.165) is 19.6 Å². The Kier molecular flexibility index (Phi) is 6.46. The number of hydrogen-bond acceptors (Lipinski definition) is 6. The van der Waals surface area contributed by atoms with Crippen LogP contribution in [-0.2, 0) is 11.3 Å². The van der Waals surface area contributed by atoms with E-state index in [9.17, 15) is 19.5 Å². The van der Waals surface area contributed by atoms with Crippen LogP contribution in [0.25, 0.3) is 0 Å². The summed E-state index contributed by atoms with van der Waals surface area (Å²) >= 11 is 0. The van der Waals surface area contributed by atoms with Crippen molar-refractivity contribution in [2.75, 3.05) is 39.3 Å². The number of nitrogens with zero attached hydrogens (tertiary/aromatic N) is 2. The molecule has 4 N–H and O–H groups in total. The smallest absolute Gasteiger partial charge is 0.325 e. The van der Waals surface area contributed by atoms with Gasteiger partial charge >= 0.3 is 5.69 Å². The Morgan fingerprint density at radius 1 is 1.07 bits per heavy atom. The fourth-order valence-electron chi connectivity index (χ4n) is 3.83. The number of amides is 1. The van der Waals surface area contributed by atoms with E-state index in [-0.39, 0.29) is 5.91 Å². The Labute approximate surface area is 157 Å². The van der Waals surface area contributed by atoms with Crippen LogP contribution in [0.2, 0.25) is 0 Å². The van der Waals surface area contributed by atoms with Gasteiger partial charge in [-0.1, -0.05) is 6.42 Å². The molecule has 9 nitrogen and oxygen atoms in total. The van der Waals surface area contributed by atoms with E-state index in [2.05, 4.69) is 20.2 Å². The van der Waals surface area contributed by atoms with Gasteiger partial charge in [0.2, 0.25) is 0 Å². The van der Waals surface area contributed by atoms with Crippen LogP contribution in [0.3, 0.4) is 0 Å². The van der Waals surface area contributed by atoms with E-state index in [1.54, 1.807) is 0 Å². The molecule has 0 unspecified atom stereocenters. The number of aromatic nitrogens is 2. The van der Waals surface area contributed by atoms with Gasteiger partial charge in [0.25, 0.3) is 11.5 Å². The van der Waals surface area contributed by atoms with Gasteiger partial charge in [-0.2, -0.15) is 0 Å². The Balaban J connectivity index is 1.44. The topological polar surface area (TPSA) is 122 Å². The fraction of sp³-hybridized carbons (Fsp3) is 0.722. The molecule has 1 aromatic heterocycles. The predicted octanol–water partition coefficient (Wildman–Crippen LogP) is -1.01. The van der Waals surface area contributed by atoms with Crippen LogP contribution in [0.15, 0.2) is 15.7 Å². The molecule has 1 amide bonds. The van der Waals surface area contributed by atoms with Gasteiger partial charge in [-0.25, -0.2) is 4.79 Å². The second kappa shape index (κ2) is 8.81. The van der Waals surface area contributed by atoms with Crippen molar-refractivity contribution in [1.82, 2.24) is 25.1 Å². The number of H-pyrrole nitrogens is 2. The number of likely N-dealkylation sites (tertiary alicyclic amines) is 2. The lowest BCUT2D eigenvalue weighted by Crippen LogP contribution is -2.54. The minimum absolute atomic E-state index is 0.302. The maximum Gasteiger partial charge on any atom is 0.325 e. The van der Waals surface area contributed by atoms with Crippen LogP contribution in [0.4, 0.5) is 0 Å². The zero-order valence-electron chi connectivity index (χ0n) is 15.6. The third-order valence-electron chi connectivity index (χ3n) is 5.48. The van der Waals surface area contributed by atoms with Gasteiger partial charge in [0, 0.05) is 44.5 Å². The largest absolute Gasteiger partial charge is 0.380 e. The van der Waals surface area contributed by atoms with Crippen LogP contribution >= 0.6 is 0 Å². The van der Waals surface area contributed by atoms with Crippen molar-refractivity contribution in [3.05, 3.63) is 32.6 Å². The Morgan fingerprint density at radius 2 is 1.78 bits per heavy atom. The average molecular weight is 379 g/mol. The van der Waals surface area contributed by atoms with Crippen molar-refractivity contribution in [2.45, 2.75) is 44.2 Å². The second-order valence-electron chi connectivity index (χ2n) is 7.58. The highest BCUT2D eigenvalue weighted by Gasteiger charge is 2.39. The number of carbonyl (C=O) groups is 1. The second-order valence-corrected chi connectivity index (χ2v) is 7.58. The number of aromatic amines is 2. The van der Waals surface area contributed by atoms with Gasteiger partial charge in [0.05, 0.1) is 0 Å². The molecule has 2 fully saturated rings. The molecule has 9 heteroatoms. The van der Waals surface area contributed by atoms with E-state index in [1.165, 1.54) is 25.3 Å². The van der Waals surface area contributed by atoms with Crippen molar-refractivity contribution in [3.63, 3.8) is 0 Å². The van der Waals surface area contributed by atoms with Gasteiger partial charge in [-0.3, -0.25) is 19.5 Å². The van der Waals surface area contributed by atoms with Crippen molar-refractivity contribution in [1.29, 1.82) is 0 Å². The first-order valence-corrected chi connectivity index (χ1v) is 9.72. The number of carbonyl (C=O) groups excluding carboxylic acids is 1. The zero-order valence-corrected chi connectivity index (χ0v) is 15.6. The van der Waals surface area contributed by atoms with Gasteiger partial charge in [-0.05, 0) is 38.8 Å². The quantitative estimate of drug-likeness (QED) is 0.503. The van der Waals surface area contributed by atoms with E-state index < -0.39 is 16.9 Å². The molecule has 1 aromatic rings. The highest BCUT2D eigenvalue weighted by atomic mass is 16.3. The molecule has 150 valence electrons. The van der Waals surface area contributed by atoms with E-state index >= 15 is 0 Å². The average Bonchev–Trinajstić information content (AvgIpc) is 2.64. The number of piperidine rings is 2. The van der Waals surface area contributed by atoms with Crippen molar-refractivity contribution in [3.8, 4) is 0 Å². The van der Waals surface area contributed by atoms with Gasteiger partial charge < -0.3 is 20.3 Å². The van der Waals surface area contributed by atoms with E-state index in [4.69, 9.17) is 0 Å². The summed E-state index contributed by atoms with van der Waals surface area (Å²) in [7, 11) is 0.